The Labute approximate surface area is 133 Å². The molecule has 0 aliphatic heterocycles. The van der Waals surface area contributed by atoms with Crippen molar-refractivity contribution in [3.8, 4) is 0 Å². The van der Waals surface area contributed by atoms with Gasteiger partial charge in [-0.3, -0.25) is 14.9 Å². The van der Waals surface area contributed by atoms with Crippen molar-refractivity contribution in [3.63, 3.8) is 0 Å². The molecule has 22 heavy (non-hydrogen) atoms. The summed E-state index contributed by atoms with van der Waals surface area (Å²) in [5.74, 6) is 0.0722. The van der Waals surface area contributed by atoms with Crippen LogP contribution in [0.3, 0.4) is 0 Å². The fourth-order valence-electron chi connectivity index (χ4n) is 2.53. The lowest BCUT2D eigenvalue weighted by Gasteiger charge is -2.17. The van der Waals surface area contributed by atoms with Crippen LogP contribution in [0.4, 0.5) is 5.69 Å². The van der Waals surface area contributed by atoms with Crippen LogP contribution in [0.15, 0.2) is 29.2 Å². The number of nitrogens with zero attached hydrogens (tertiary/aromatic N) is 1. The van der Waals surface area contributed by atoms with Crippen LogP contribution in [0.1, 0.15) is 26.2 Å². The van der Waals surface area contributed by atoms with E-state index in [4.69, 9.17) is 0 Å². The Kier molecular flexibility index (Phi) is 5.79. The van der Waals surface area contributed by atoms with Crippen LogP contribution in [0.2, 0.25) is 0 Å². The van der Waals surface area contributed by atoms with Gasteiger partial charge in [-0.25, -0.2) is 0 Å². The summed E-state index contributed by atoms with van der Waals surface area (Å²) in [4.78, 5) is 23.0. The first kappa shape index (κ1) is 16.8. The Balaban J connectivity index is 1.81. The molecule has 2 rings (SSSR count). The molecule has 6 nitrogen and oxygen atoms in total. The zero-order valence-corrected chi connectivity index (χ0v) is 13.2. The summed E-state index contributed by atoms with van der Waals surface area (Å²) in [5, 5.41) is 22.9. The van der Waals surface area contributed by atoms with Gasteiger partial charge < -0.3 is 10.4 Å². The van der Waals surface area contributed by atoms with E-state index in [0.29, 0.717) is 6.54 Å². The molecule has 0 aromatic heterocycles. The van der Waals surface area contributed by atoms with Crippen molar-refractivity contribution in [2.24, 2.45) is 5.92 Å². The van der Waals surface area contributed by atoms with Gasteiger partial charge in [-0.2, -0.15) is 0 Å². The second-order valence-corrected chi connectivity index (χ2v) is 6.93. The van der Waals surface area contributed by atoms with E-state index in [-0.39, 0.29) is 28.9 Å². The first-order chi connectivity index (χ1) is 10.5. The largest absolute Gasteiger partial charge is 0.393 e. The van der Waals surface area contributed by atoms with Crippen LogP contribution in [-0.2, 0) is 4.79 Å². The number of hydrogen-bond acceptors (Lipinski definition) is 5. The third kappa shape index (κ3) is 4.45. The van der Waals surface area contributed by atoms with Crippen molar-refractivity contribution in [1.29, 1.82) is 0 Å². The molecule has 0 radical (unpaired) electrons. The number of amides is 1. The average Bonchev–Trinajstić information content (AvgIpc) is 2.90. The van der Waals surface area contributed by atoms with E-state index >= 15 is 0 Å². The van der Waals surface area contributed by atoms with Gasteiger partial charge in [0.15, 0.2) is 0 Å². The van der Waals surface area contributed by atoms with Crippen molar-refractivity contribution in [2.75, 3.05) is 6.54 Å². The van der Waals surface area contributed by atoms with E-state index in [1.807, 2.05) is 0 Å². The van der Waals surface area contributed by atoms with Gasteiger partial charge in [-0.05, 0) is 31.9 Å². The van der Waals surface area contributed by atoms with Crippen molar-refractivity contribution in [2.45, 2.75) is 42.4 Å². The maximum atomic E-state index is 12.1. The summed E-state index contributed by atoms with van der Waals surface area (Å²) in [6.07, 6.45) is 2.46. The van der Waals surface area contributed by atoms with E-state index in [1.165, 1.54) is 23.9 Å². The molecule has 0 unspecified atom stereocenters. The highest BCUT2D eigenvalue weighted by atomic mass is 32.2. The predicted octanol–water partition coefficient (Wildman–Crippen LogP) is 2.35. The van der Waals surface area contributed by atoms with Crippen LogP contribution in [0.25, 0.3) is 0 Å². The topological polar surface area (TPSA) is 92.5 Å². The smallest absolute Gasteiger partial charge is 0.269 e. The zero-order valence-electron chi connectivity index (χ0n) is 12.4. The number of non-ortho nitro benzene ring substituents is 1. The number of benzene rings is 1. The van der Waals surface area contributed by atoms with Gasteiger partial charge in [-0.15, -0.1) is 11.8 Å². The minimum absolute atomic E-state index is 0.0386. The fraction of sp³-hybridized carbons (Fsp3) is 0.533. The number of carbonyl (C=O) groups is 1. The van der Waals surface area contributed by atoms with Crippen LogP contribution < -0.4 is 5.32 Å². The standard InChI is InChI=1S/C15H20N2O4S/c1-10(15(19)16-9-11-3-2-4-14(11)18)22-13-7-5-12(6-8-13)17(20)21/h5-8,10-11,14,18H,2-4,9H2,1H3,(H,16,19)/t10-,11-,14-/m0/s1. The molecule has 1 aliphatic rings. The molecular weight excluding hydrogens is 304 g/mol. The summed E-state index contributed by atoms with van der Waals surface area (Å²) < 4.78 is 0. The first-order valence-corrected chi connectivity index (χ1v) is 8.22. The molecule has 1 aromatic rings. The third-order valence-electron chi connectivity index (χ3n) is 3.89. The predicted molar refractivity (Wildman–Crippen MR) is 84.8 cm³/mol. The summed E-state index contributed by atoms with van der Waals surface area (Å²) in [7, 11) is 0. The molecule has 7 heteroatoms. The molecule has 1 saturated carbocycles. The van der Waals surface area contributed by atoms with Crippen molar-refractivity contribution < 1.29 is 14.8 Å². The van der Waals surface area contributed by atoms with E-state index in [0.717, 1.165) is 24.2 Å². The number of hydrogen-bond donors (Lipinski definition) is 2. The zero-order chi connectivity index (χ0) is 16.1. The van der Waals surface area contributed by atoms with Gasteiger partial charge >= 0.3 is 0 Å². The van der Waals surface area contributed by atoms with E-state index in [1.54, 1.807) is 19.1 Å². The van der Waals surface area contributed by atoms with Crippen LogP contribution in [-0.4, -0.2) is 33.8 Å². The lowest BCUT2D eigenvalue weighted by atomic mass is 10.1. The number of carbonyl (C=O) groups excluding carboxylic acids is 1. The molecule has 2 N–H and O–H groups in total. The Morgan fingerprint density at radius 1 is 1.45 bits per heavy atom. The SMILES string of the molecule is C[C@H](Sc1ccc([N+](=O)[O-])cc1)C(=O)NC[C@@H]1CCC[C@@H]1O. The monoisotopic (exact) mass is 324 g/mol. The van der Waals surface area contributed by atoms with Crippen molar-refractivity contribution in [1.82, 2.24) is 5.32 Å². The second-order valence-electron chi connectivity index (χ2n) is 5.51. The average molecular weight is 324 g/mol. The fourth-order valence-corrected chi connectivity index (χ4v) is 3.43. The lowest BCUT2D eigenvalue weighted by molar-refractivity contribution is -0.384. The van der Waals surface area contributed by atoms with Crippen LogP contribution in [0.5, 0.6) is 0 Å². The maximum absolute atomic E-state index is 12.1. The van der Waals surface area contributed by atoms with Crippen molar-refractivity contribution >= 4 is 23.4 Å². The molecule has 1 aromatic carbocycles. The number of nitro benzene ring substituents is 1. The number of rotatable bonds is 6. The molecule has 120 valence electrons. The molecular formula is C15H20N2O4S. The molecule has 3 atom stereocenters. The molecule has 1 fully saturated rings. The normalized spacial score (nSPS) is 22.3. The summed E-state index contributed by atoms with van der Waals surface area (Å²) in [6.45, 7) is 2.30. The molecule has 0 spiro atoms. The Hall–Kier alpha value is -1.60. The minimum atomic E-state index is -0.447. The summed E-state index contributed by atoms with van der Waals surface area (Å²) >= 11 is 1.36. The highest BCUT2D eigenvalue weighted by Gasteiger charge is 2.26. The minimum Gasteiger partial charge on any atom is -0.393 e. The number of nitro groups is 1. The van der Waals surface area contributed by atoms with E-state index in [2.05, 4.69) is 5.32 Å². The van der Waals surface area contributed by atoms with Gasteiger partial charge in [0.25, 0.3) is 5.69 Å². The number of thioether (sulfide) groups is 1. The van der Waals surface area contributed by atoms with Gasteiger partial charge in [0.1, 0.15) is 0 Å². The summed E-state index contributed by atoms with van der Waals surface area (Å²) in [5.41, 5.74) is 0.0386. The highest BCUT2D eigenvalue weighted by molar-refractivity contribution is 8.00. The molecule has 1 amide bonds. The van der Waals surface area contributed by atoms with E-state index in [9.17, 15) is 20.0 Å². The molecule has 0 bridgehead atoms. The quantitative estimate of drug-likeness (QED) is 0.476. The number of aliphatic hydroxyl groups is 1. The van der Waals surface area contributed by atoms with Crippen molar-refractivity contribution in [3.05, 3.63) is 34.4 Å². The number of aliphatic hydroxyl groups excluding tert-OH is 1. The van der Waals surface area contributed by atoms with Crippen LogP contribution in [0, 0.1) is 16.0 Å². The Morgan fingerprint density at radius 3 is 2.68 bits per heavy atom. The Morgan fingerprint density at radius 2 is 2.14 bits per heavy atom. The summed E-state index contributed by atoms with van der Waals surface area (Å²) in [6, 6.07) is 6.16. The molecule has 1 aliphatic carbocycles. The van der Waals surface area contributed by atoms with Gasteiger partial charge in [0.05, 0.1) is 16.3 Å². The second kappa shape index (κ2) is 7.60. The highest BCUT2D eigenvalue weighted by Crippen LogP contribution is 2.27. The Bertz CT molecular complexity index is 535. The maximum Gasteiger partial charge on any atom is 0.269 e. The van der Waals surface area contributed by atoms with Gasteiger partial charge in [-0.1, -0.05) is 6.42 Å². The molecule has 0 heterocycles. The van der Waals surface area contributed by atoms with E-state index < -0.39 is 4.92 Å². The lowest BCUT2D eigenvalue weighted by Crippen LogP contribution is -2.36. The van der Waals surface area contributed by atoms with Gasteiger partial charge in [0, 0.05) is 29.5 Å². The third-order valence-corrected chi connectivity index (χ3v) is 5.00. The first-order valence-electron chi connectivity index (χ1n) is 7.34. The van der Waals surface area contributed by atoms with Gasteiger partial charge in [0.2, 0.25) is 5.91 Å². The van der Waals surface area contributed by atoms with Crippen LogP contribution >= 0.6 is 11.8 Å². The molecule has 0 saturated heterocycles. The number of nitrogens with one attached hydrogen (secondary N) is 1.